The minimum absolute atomic E-state index is 0.747. The van der Waals surface area contributed by atoms with Crippen molar-refractivity contribution in [1.82, 2.24) is 4.57 Å². The highest BCUT2D eigenvalue weighted by atomic mass is 35.5. The number of halogens is 1. The van der Waals surface area contributed by atoms with Gasteiger partial charge in [-0.15, -0.1) is 0 Å². The van der Waals surface area contributed by atoms with Crippen LogP contribution in [0.25, 0.3) is 16.6 Å². The van der Waals surface area contributed by atoms with Gasteiger partial charge in [0.15, 0.2) is 0 Å². The van der Waals surface area contributed by atoms with E-state index in [0.717, 1.165) is 21.6 Å². The SMILES string of the molecule is Clc1ccc2[c]cn(-c3ccccc3)c2c1. The molecule has 2 heteroatoms. The van der Waals surface area contributed by atoms with Crippen LogP contribution in [0.2, 0.25) is 5.02 Å². The normalized spacial score (nSPS) is 10.8. The van der Waals surface area contributed by atoms with Gasteiger partial charge in [0.1, 0.15) is 0 Å². The second-order valence-electron chi connectivity index (χ2n) is 3.64. The molecule has 0 unspecified atom stereocenters. The van der Waals surface area contributed by atoms with E-state index in [1.165, 1.54) is 0 Å². The van der Waals surface area contributed by atoms with Crippen molar-refractivity contribution >= 4 is 22.5 Å². The molecule has 1 nitrogen and oxygen atoms in total. The summed E-state index contributed by atoms with van der Waals surface area (Å²) < 4.78 is 2.08. The number of nitrogens with zero attached hydrogens (tertiary/aromatic N) is 1. The van der Waals surface area contributed by atoms with Crippen LogP contribution < -0.4 is 0 Å². The lowest BCUT2D eigenvalue weighted by Gasteiger charge is -2.04. The van der Waals surface area contributed by atoms with E-state index in [4.69, 9.17) is 11.6 Å². The number of hydrogen-bond acceptors (Lipinski definition) is 0. The molecular formula is C14H9ClN. The van der Waals surface area contributed by atoms with E-state index in [2.05, 4.69) is 22.8 Å². The van der Waals surface area contributed by atoms with E-state index in [1.807, 2.05) is 42.6 Å². The first-order valence-electron chi connectivity index (χ1n) is 5.08. The van der Waals surface area contributed by atoms with Crippen LogP contribution in [-0.4, -0.2) is 4.57 Å². The Kier molecular flexibility index (Phi) is 2.19. The summed E-state index contributed by atoms with van der Waals surface area (Å²) in [5.41, 5.74) is 2.20. The predicted molar refractivity (Wildman–Crippen MR) is 67.1 cm³/mol. The fourth-order valence-electron chi connectivity index (χ4n) is 1.83. The molecule has 0 aliphatic carbocycles. The van der Waals surface area contributed by atoms with Crippen molar-refractivity contribution in [3.8, 4) is 5.69 Å². The van der Waals surface area contributed by atoms with Crippen molar-refractivity contribution in [1.29, 1.82) is 0 Å². The zero-order chi connectivity index (χ0) is 11.0. The Bertz CT molecular complexity index is 626. The lowest BCUT2D eigenvalue weighted by Crippen LogP contribution is -1.90. The molecular weight excluding hydrogens is 218 g/mol. The molecule has 3 aromatic rings. The van der Waals surface area contributed by atoms with Gasteiger partial charge >= 0.3 is 0 Å². The third-order valence-electron chi connectivity index (χ3n) is 2.60. The quantitative estimate of drug-likeness (QED) is 0.589. The Morgan fingerprint density at radius 3 is 2.62 bits per heavy atom. The third kappa shape index (κ3) is 1.50. The zero-order valence-corrected chi connectivity index (χ0v) is 9.28. The molecule has 0 spiro atoms. The molecule has 0 aliphatic heterocycles. The van der Waals surface area contributed by atoms with Crippen LogP contribution in [0.4, 0.5) is 0 Å². The number of para-hydroxylation sites is 1. The van der Waals surface area contributed by atoms with Crippen LogP contribution in [0.1, 0.15) is 0 Å². The highest BCUT2D eigenvalue weighted by molar-refractivity contribution is 6.31. The highest BCUT2D eigenvalue weighted by Gasteiger charge is 2.03. The summed E-state index contributed by atoms with van der Waals surface area (Å²) in [6, 6.07) is 19.2. The van der Waals surface area contributed by atoms with Crippen molar-refractivity contribution < 1.29 is 0 Å². The average Bonchev–Trinajstić information content (AvgIpc) is 2.73. The van der Waals surface area contributed by atoms with Gasteiger partial charge in [-0.1, -0.05) is 35.9 Å². The van der Waals surface area contributed by atoms with Crippen LogP contribution in [0.5, 0.6) is 0 Å². The average molecular weight is 227 g/mol. The second-order valence-corrected chi connectivity index (χ2v) is 4.08. The van der Waals surface area contributed by atoms with E-state index < -0.39 is 0 Å². The molecule has 0 fully saturated rings. The van der Waals surface area contributed by atoms with E-state index >= 15 is 0 Å². The summed E-state index contributed by atoms with van der Waals surface area (Å²) in [6.07, 6.45) is 1.94. The first-order valence-corrected chi connectivity index (χ1v) is 5.46. The Hall–Kier alpha value is -1.73. The smallest absolute Gasteiger partial charge is 0.0549 e. The molecule has 0 saturated heterocycles. The first-order chi connectivity index (χ1) is 7.84. The number of aromatic nitrogens is 1. The van der Waals surface area contributed by atoms with Crippen molar-refractivity contribution in [3.63, 3.8) is 0 Å². The summed E-state index contributed by atoms with van der Waals surface area (Å²) in [4.78, 5) is 0. The van der Waals surface area contributed by atoms with Gasteiger partial charge in [0.05, 0.1) is 5.52 Å². The number of hydrogen-bond donors (Lipinski definition) is 0. The first kappa shape index (κ1) is 9.49. The zero-order valence-electron chi connectivity index (χ0n) is 8.52. The van der Waals surface area contributed by atoms with E-state index in [-0.39, 0.29) is 0 Å². The molecule has 0 atom stereocenters. The van der Waals surface area contributed by atoms with Gasteiger partial charge in [0.2, 0.25) is 0 Å². The summed E-state index contributed by atoms with van der Waals surface area (Å²) in [7, 11) is 0. The van der Waals surface area contributed by atoms with E-state index in [0.29, 0.717) is 0 Å². The summed E-state index contributed by atoms with van der Waals surface area (Å²) in [6.45, 7) is 0. The monoisotopic (exact) mass is 226 g/mol. The maximum Gasteiger partial charge on any atom is 0.0549 e. The fraction of sp³-hybridized carbons (Fsp3) is 0. The van der Waals surface area contributed by atoms with E-state index in [1.54, 1.807) is 0 Å². The molecule has 0 saturated carbocycles. The Morgan fingerprint density at radius 2 is 1.81 bits per heavy atom. The molecule has 1 radical (unpaired) electrons. The fourth-order valence-corrected chi connectivity index (χ4v) is 2.00. The molecule has 3 rings (SSSR count). The Labute approximate surface area is 98.9 Å². The number of fused-ring (bicyclic) bond motifs is 1. The summed E-state index contributed by atoms with van der Waals surface area (Å²) in [5, 5.41) is 1.82. The molecule has 0 amide bonds. The molecule has 0 bridgehead atoms. The third-order valence-corrected chi connectivity index (χ3v) is 2.84. The topological polar surface area (TPSA) is 4.93 Å². The van der Waals surface area contributed by atoms with E-state index in [9.17, 15) is 0 Å². The molecule has 16 heavy (non-hydrogen) atoms. The number of rotatable bonds is 1. The molecule has 0 aliphatic rings. The van der Waals surface area contributed by atoms with Crippen LogP contribution >= 0.6 is 11.6 Å². The van der Waals surface area contributed by atoms with Crippen molar-refractivity contribution in [3.05, 3.63) is 65.8 Å². The second kappa shape index (κ2) is 3.69. The largest absolute Gasteiger partial charge is 0.316 e. The van der Waals surface area contributed by atoms with Crippen LogP contribution in [0.15, 0.2) is 54.7 Å². The Balaban J connectivity index is 2.29. The number of benzene rings is 2. The van der Waals surface area contributed by atoms with Crippen molar-refractivity contribution in [2.75, 3.05) is 0 Å². The van der Waals surface area contributed by atoms with Gasteiger partial charge < -0.3 is 4.57 Å². The summed E-state index contributed by atoms with van der Waals surface area (Å²) in [5.74, 6) is 0. The van der Waals surface area contributed by atoms with Gasteiger partial charge in [-0.2, -0.15) is 0 Å². The van der Waals surface area contributed by atoms with Gasteiger partial charge in [-0.05, 0) is 24.3 Å². The van der Waals surface area contributed by atoms with Crippen molar-refractivity contribution in [2.45, 2.75) is 0 Å². The van der Waals surface area contributed by atoms with Crippen LogP contribution in [-0.2, 0) is 0 Å². The molecule has 77 valence electrons. The van der Waals surface area contributed by atoms with Crippen molar-refractivity contribution in [2.24, 2.45) is 0 Å². The summed E-state index contributed by atoms with van der Waals surface area (Å²) >= 11 is 6.01. The lowest BCUT2D eigenvalue weighted by molar-refractivity contribution is 1.13. The highest BCUT2D eigenvalue weighted by Crippen LogP contribution is 2.23. The molecule has 1 heterocycles. The van der Waals surface area contributed by atoms with Gasteiger partial charge in [0, 0.05) is 28.4 Å². The van der Waals surface area contributed by atoms with Crippen LogP contribution in [0, 0.1) is 6.07 Å². The predicted octanol–water partition coefficient (Wildman–Crippen LogP) is 4.08. The minimum atomic E-state index is 0.747. The molecule has 2 aromatic carbocycles. The molecule has 1 aromatic heterocycles. The van der Waals surface area contributed by atoms with Gasteiger partial charge in [-0.3, -0.25) is 0 Å². The minimum Gasteiger partial charge on any atom is -0.316 e. The maximum absolute atomic E-state index is 6.01. The maximum atomic E-state index is 6.01. The standard InChI is InChI=1S/C14H9ClN/c15-12-7-6-11-8-9-16(14(11)10-12)13-4-2-1-3-5-13/h1-7,9-10H. The lowest BCUT2D eigenvalue weighted by atomic mass is 10.2. The Morgan fingerprint density at radius 1 is 1.00 bits per heavy atom. The van der Waals surface area contributed by atoms with Gasteiger partial charge in [0.25, 0.3) is 0 Å². The van der Waals surface area contributed by atoms with Gasteiger partial charge in [-0.25, -0.2) is 0 Å². The molecule has 0 N–H and O–H groups in total. The van der Waals surface area contributed by atoms with Crippen LogP contribution in [0.3, 0.4) is 0 Å².